The maximum absolute atomic E-state index is 13.3. The number of aliphatic imine (C=N–C) groups is 1. The standard InChI is InChI=1S/C19H25FN4O3S.HI/c1-3-16(27-17-6-4-5-15(20)11-17)13-24-19(22-2)23-12-14-7-9-18(10-8-14)28(21,25)26;/h4-11,16H,3,12-13H2,1-2H3,(H2,21,25,26)(H2,22,23,24);1H. The van der Waals surface area contributed by atoms with Crippen molar-refractivity contribution in [3.8, 4) is 5.75 Å². The minimum Gasteiger partial charge on any atom is -0.489 e. The van der Waals surface area contributed by atoms with Gasteiger partial charge in [-0.05, 0) is 36.2 Å². The molecule has 0 fully saturated rings. The molecule has 1 unspecified atom stereocenters. The summed E-state index contributed by atoms with van der Waals surface area (Å²) in [6, 6.07) is 12.3. The lowest BCUT2D eigenvalue weighted by atomic mass is 10.2. The average Bonchev–Trinajstić information content (AvgIpc) is 2.66. The van der Waals surface area contributed by atoms with Crippen molar-refractivity contribution in [3.63, 3.8) is 0 Å². The van der Waals surface area contributed by atoms with Gasteiger partial charge in [-0.15, -0.1) is 24.0 Å². The van der Waals surface area contributed by atoms with E-state index in [4.69, 9.17) is 9.88 Å². The molecule has 0 aliphatic rings. The van der Waals surface area contributed by atoms with Crippen LogP contribution in [-0.4, -0.2) is 34.1 Å². The van der Waals surface area contributed by atoms with Crippen LogP contribution in [0, 0.1) is 5.82 Å². The van der Waals surface area contributed by atoms with Gasteiger partial charge < -0.3 is 15.4 Å². The van der Waals surface area contributed by atoms with Gasteiger partial charge in [-0.1, -0.05) is 25.1 Å². The van der Waals surface area contributed by atoms with E-state index in [9.17, 15) is 12.8 Å². The van der Waals surface area contributed by atoms with Crippen molar-refractivity contribution < 1.29 is 17.5 Å². The number of nitrogens with two attached hydrogens (primary N) is 1. The zero-order valence-electron chi connectivity index (χ0n) is 16.3. The number of guanidine groups is 1. The van der Waals surface area contributed by atoms with Gasteiger partial charge >= 0.3 is 0 Å². The van der Waals surface area contributed by atoms with Crippen LogP contribution in [0.3, 0.4) is 0 Å². The minimum absolute atomic E-state index is 0. The van der Waals surface area contributed by atoms with Crippen LogP contribution in [0.4, 0.5) is 4.39 Å². The van der Waals surface area contributed by atoms with Crippen molar-refractivity contribution in [2.75, 3.05) is 13.6 Å². The van der Waals surface area contributed by atoms with Crippen LogP contribution in [0.2, 0.25) is 0 Å². The van der Waals surface area contributed by atoms with Crippen LogP contribution in [0.5, 0.6) is 5.75 Å². The lowest BCUT2D eigenvalue weighted by Gasteiger charge is -2.20. The van der Waals surface area contributed by atoms with E-state index in [0.717, 1.165) is 12.0 Å². The Morgan fingerprint density at radius 1 is 1.21 bits per heavy atom. The number of hydrogen-bond acceptors (Lipinski definition) is 4. The molecule has 0 saturated heterocycles. The molecule has 2 aromatic carbocycles. The summed E-state index contributed by atoms with van der Waals surface area (Å²) in [5.74, 6) is 0.703. The molecular weight excluding hydrogens is 510 g/mol. The zero-order valence-corrected chi connectivity index (χ0v) is 19.4. The maximum Gasteiger partial charge on any atom is 0.238 e. The lowest BCUT2D eigenvalue weighted by molar-refractivity contribution is 0.199. The van der Waals surface area contributed by atoms with Crippen LogP contribution in [0.15, 0.2) is 58.4 Å². The smallest absolute Gasteiger partial charge is 0.238 e. The van der Waals surface area contributed by atoms with Gasteiger partial charge in [-0.3, -0.25) is 4.99 Å². The number of nitrogens with zero attached hydrogens (tertiary/aromatic N) is 1. The molecule has 0 aromatic heterocycles. The Morgan fingerprint density at radius 2 is 1.90 bits per heavy atom. The van der Waals surface area contributed by atoms with E-state index >= 15 is 0 Å². The number of rotatable bonds is 8. The summed E-state index contributed by atoms with van der Waals surface area (Å²) in [7, 11) is -2.05. The van der Waals surface area contributed by atoms with Crippen LogP contribution in [-0.2, 0) is 16.6 Å². The Bertz CT molecular complexity index is 908. The second-order valence-corrected chi connectivity index (χ2v) is 7.66. The molecule has 4 N–H and O–H groups in total. The number of benzene rings is 2. The number of hydrogen-bond donors (Lipinski definition) is 3. The lowest BCUT2D eigenvalue weighted by Crippen LogP contribution is -2.42. The molecule has 0 amide bonds. The third-order valence-corrected chi connectivity index (χ3v) is 4.92. The molecule has 0 aliphatic heterocycles. The number of nitrogens with one attached hydrogen (secondary N) is 2. The van der Waals surface area contributed by atoms with Gasteiger partial charge in [-0.25, -0.2) is 17.9 Å². The van der Waals surface area contributed by atoms with Crippen LogP contribution >= 0.6 is 24.0 Å². The van der Waals surface area contributed by atoms with E-state index in [1.165, 1.54) is 24.3 Å². The van der Waals surface area contributed by atoms with Gasteiger partial charge in [-0.2, -0.15) is 0 Å². The Balaban J connectivity index is 0.00000420. The van der Waals surface area contributed by atoms with Gasteiger partial charge in [0, 0.05) is 19.7 Å². The van der Waals surface area contributed by atoms with Crippen molar-refractivity contribution in [2.24, 2.45) is 10.1 Å². The second kappa shape index (κ2) is 11.9. The molecule has 0 saturated carbocycles. The highest BCUT2D eigenvalue weighted by atomic mass is 127. The topological polar surface area (TPSA) is 106 Å². The molecule has 0 radical (unpaired) electrons. The fourth-order valence-electron chi connectivity index (χ4n) is 2.42. The quantitative estimate of drug-likeness (QED) is 0.273. The van der Waals surface area contributed by atoms with Crippen molar-refractivity contribution in [3.05, 3.63) is 59.9 Å². The molecule has 10 heteroatoms. The van der Waals surface area contributed by atoms with E-state index in [1.807, 2.05) is 6.92 Å². The molecule has 0 heterocycles. The predicted molar refractivity (Wildman–Crippen MR) is 123 cm³/mol. The zero-order chi connectivity index (χ0) is 20.6. The van der Waals surface area contributed by atoms with E-state index in [0.29, 0.717) is 24.8 Å². The normalized spacial score (nSPS) is 12.6. The van der Waals surface area contributed by atoms with Crippen LogP contribution in [0.1, 0.15) is 18.9 Å². The van der Waals surface area contributed by atoms with Crippen molar-refractivity contribution in [2.45, 2.75) is 30.9 Å². The molecule has 160 valence electrons. The van der Waals surface area contributed by atoms with E-state index in [2.05, 4.69) is 15.6 Å². The largest absolute Gasteiger partial charge is 0.489 e. The fraction of sp³-hybridized carbons (Fsp3) is 0.316. The summed E-state index contributed by atoms with van der Waals surface area (Å²) in [6.45, 7) is 2.91. The molecule has 0 aliphatic carbocycles. The van der Waals surface area contributed by atoms with Gasteiger partial charge in [0.05, 0.1) is 11.4 Å². The first-order chi connectivity index (χ1) is 13.3. The summed E-state index contributed by atoms with van der Waals surface area (Å²) in [4.78, 5) is 4.22. The van der Waals surface area contributed by atoms with Crippen molar-refractivity contribution >= 4 is 40.0 Å². The first-order valence-corrected chi connectivity index (χ1v) is 10.3. The molecule has 2 rings (SSSR count). The Hall–Kier alpha value is -1.92. The van der Waals surface area contributed by atoms with Crippen LogP contribution < -0.4 is 20.5 Å². The average molecular weight is 536 g/mol. The van der Waals surface area contributed by atoms with Gasteiger partial charge in [0.2, 0.25) is 10.0 Å². The predicted octanol–water partition coefficient (Wildman–Crippen LogP) is 2.61. The molecule has 7 nitrogen and oxygen atoms in total. The van der Waals surface area contributed by atoms with Crippen LogP contribution in [0.25, 0.3) is 0 Å². The monoisotopic (exact) mass is 536 g/mol. The van der Waals surface area contributed by atoms with Gasteiger partial charge in [0.25, 0.3) is 0 Å². The summed E-state index contributed by atoms with van der Waals surface area (Å²) in [5.41, 5.74) is 0.874. The number of primary sulfonamides is 1. The minimum atomic E-state index is -3.70. The summed E-state index contributed by atoms with van der Waals surface area (Å²) < 4.78 is 41.6. The van der Waals surface area contributed by atoms with Gasteiger partial charge in [0.1, 0.15) is 17.7 Å². The molecule has 0 bridgehead atoms. The highest BCUT2D eigenvalue weighted by Crippen LogP contribution is 2.14. The molecule has 2 aromatic rings. The highest BCUT2D eigenvalue weighted by Gasteiger charge is 2.10. The van der Waals surface area contributed by atoms with E-state index in [1.54, 1.807) is 31.3 Å². The summed E-state index contributed by atoms with van der Waals surface area (Å²) >= 11 is 0. The fourth-order valence-corrected chi connectivity index (χ4v) is 2.93. The highest BCUT2D eigenvalue weighted by molar-refractivity contribution is 14.0. The summed E-state index contributed by atoms with van der Waals surface area (Å²) in [5, 5.41) is 11.4. The van der Waals surface area contributed by atoms with E-state index in [-0.39, 0.29) is 40.8 Å². The maximum atomic E-state index is 13.3. The second-order valence-electron chi connectivity index (χ2n) is 6.10. The first kappa shape index (κ1) is 25.1. The Labute approximate surface area is 188 Å². The third-order valence-electron chi connectivity index (χ3n) is 3.99. The number of sulfonamides is 1. The Morgan fingerprint density at radius 3 is 2.45 bits per heavy atom. The molecular formula is C19H26FIN4O3S. The summed E-state index contributed by atoms with van der Waals surface area (Å²) in [6.07, 6.45) is 0.574. The number of ether oxygens (including phenoxy) is 1. The number of halogens is 2. The third kappa shape index (κ3) is 8.54. The van der Waals surface area contributed by atoms with Crippen molar-refractivity contribution in [1.29, 1.82) is 0 Å². The SMILES string of the molecule is CCC(CNC(=NC)NCc1ccc(S(N)(=O)=O)cc1)Oc1cccc(F)c1.I. The Kier molecular flexibility index (Phi) is 10.3. The first-order valence-electron chi connectivity index (χ1n) is 8.80. The molecule has 0 spiro atoms. The molecule has 29 heavy (non-hydrogen) atoms. The van der Waals surface area contributed by atoms with Gasteiger partial charge in [0.15, 0.2) is 5.96 Å². The van der Waals surface area contributed by atoms with E-state index < -0.39 is 10.0 Å². The van der Waals surface area contributed by atoms with Crippen molar-refractivity contribution in [1.82, 2.24) is 10.6 Å². The molecule has 1 atom stereocenters.